The molecule has 2 heterocycles. The first-order chi connectivity index (χ1) is 14.3. The number of hydroxylamine groups is 2. The van der Waals surface area contributed by atoms with Crippen LogP contribution in [0.3, 0.4) is 0 Å². The Morgan fingerprint density at radius 3 is 2.63 bits per heavy atom. The lowest BCUT2D eigenvalue weighted by Crippen LogP contribution is -3.10. The third-order valence-corrected chi connectivity index (χ3v) is 5.38. The van der Waals surface area contributed by atoms with E-state index in [-0.39, 0.29) is 25.0 Å². The first-order valence-electron chi connectivity index (χ1n) is 10.0. The maximum absolute atomic E-state index is 14.8. The van der Waals surface area contributed by atoms with Crippen molar-refractivity contribution in [3.05, 3.63) is 29.2 Å². The third-order valence-electron chi connectivity index (χ3n) is 5.38. The zero-order chi connectivity index (χ0) is 21.8. The Hall–Kier alpha value is -2.72. The van der Waals surface area contributed by atoms with Crippen LogP contribution in [0.1, 0.15) is 26.7 Å². The average Bonchev–Trinajstić information content (AvgIpc) is 3.08. The van der Waals surface area contributed by atoms with E-state index in [2.05, 4.69) is 0 Å². The fourth-order valence-electron chi connectivity index (χ4n) is 3.73. The summed E-state index contributed by atoms with van der Waals surface area (Å²) in [5, 5.41) is 11.0. The van der Waals surface area contributed by atoms with Crippen LogP contribution in [0.5, 0.6) is 0 Å². The van der Waals surface area contributed by atoms with Gasteiger partial charge in [-0.05, 0) is 38.0 Å². The molecular weight excluding hydrogens is 397 g/mol. The number of quaternary nitrogens is 1. The molecule has 2 fully saturated rings. The fourth-order valence-corrected chi connectivity index (χ4v) is 3.73. The van der Waals surface area contributed by atoms with Crippen LogP contribution >= 0.6 is 0 Å². The number of hydrogen-bond donors (Lipinski definition) is 1. The van der Waals surface area contributed by atoms with Crippen LogP contribution in [0.15, 0.2) is 18.2 Å². The number of nitrogens with one attached hydrogen (secondary N) is 1. The smallest absolute Gasteiger partial charge is 0.414 e. The van der Waals surface area contributed by atoms with E-state index in [0.29, 0.717) is 43.9 Å². The summed E-state index contributed by atoms with van der Waals surface area (Å²) in [4.78, 5) is 38.2. The number of anilines is 2. The summed E-state index contributed by atoms with van der Waals surface area (Å²) in [5.74, 6) is -1.46. The van der Waals surface area contributed by atoms with E-state index in [1.165, 1.54) is 17.9 Å². The molecule has 1 N–H and O–H groups in total. The molecule has 10 heteroatoms. The summed E-state index contributed by atoms with van der Waals surface area (Å²) in [6, 6.07) is 4.46. The van der Waals surface area contributed by atoms with Crippen molar-refractivity contribution in [3.63, 3.8) is 0 Å². The fraction of sp³-hybridized carbons (Fsp3) is 0.550. The molecule has 3 rings (SSSR count). The Labute approximate surface area is 173 Å². The molecule has 30 heavy (non-hydrogen) atoms. The van der Waals surface area contributed by atoms with Crippen LogP contribution in [-0.4, -0.2) is 56.9 Å². The zero-order valence-electron chi connectivity index (χ0n) is 17.1. The van der Waals surface area contributed by atoms with Crippen molar-refractivity contribution in [1.29, 1.82) is 0 Å². The van der Waals surface area contributed by atoms with Crippen LogP contribution in [0.25, 0.3) is 0 Å². The van der Waals surface area contributed by atoms with Gasteiger partial charge in [-0.25, -0.2) is 14.0 Å². The first-order valence-corrected chi connectivity index (χ1v) is 10.0. The monoisotopic (exact) mass is 423 g/mol. The highest BCUT2D eigenvalue weighted by atomic mass is 19.1. The highest BCUT2D eigenvalue weighted by molar-refractivity contribution is 5.90. The molecule has 1 unspecified atom stereocenters. The van der Waals surface area contributed by atoms with Crippen LogP contribution in [-0.2, 0) is 19.1 Å². The molecule has 1 aromatic carbocycles. The minimum Gasteiger partial charge on any atom is -0.627 e. The van der Waals surface area contributed by atoms with E-state index in [9.17, 15) is 24.0 Å². The predicted octanol–water partition coefficient (Wildman–Crippen LogP) is 0.860. The number of cyclic esters (lactones) is 1. The molecule has 0 radical (unpaired) electrons. The van der Waals surface area contributed by atoms with Gasteiger partial charge in [0.05, 0.1) is 37.4 Å². The molecule has 2 aliphatic rings. The van der Waals surface area contributed by atoms with Gasteiger partial charge in [-0.1, -0.05) is 0 Å². The van der Waals surface area contributed by atoms with E-state index in [1.54, 1.807) is 19.1 Å². The lowest BCUT2D eigenvalue weighted by molar-refractivity contribution is -0.768. The molecule has 2 atom stereocenters. The third kappa shape index (κ3) is 4.88. The van der Waals surface area contributed by atoms with Crippen LogP contribution in [0, 0.1) is 16.9 Å². The van der Waals surface area contributed by atoms with Crippen molar-refractivity contribution < 1.29 is 33.3 Å². The predicted molar refractivity (Wildman–Crippen MR) is 105 cm³/mol. The summed E-state index contributed by atoms with van der Waals surface area (Å²) < 4.78 is 25.0. The van der Waals surface area contributed by atoms with E-state index in [0.717, 1.165) is 0 Å². The number of halogens is 1. The van der Waals surface area contributed by atoms with Gasteiger partial charge >= 0.3 is 18.0 Å². The van der Waals surface area contributed by atoms with Gasteiger partial charge in [-0.15, -0.1) is 0 Å². The van der Waals surface area contributed by atoms with Crippen molar-refractivity contribution >= 4 is 29.3 Å². The Balaban J connectivity index is 1.63. The summed E-state index contributed by atoms with van der Waals surface area (Å²) in [7, 11) is 0. The maximum Gasteiger partial charge on any atom is 0.414 e. The van der Waals surface area contributed by atoms with E-state index < -0.39 is 29.0 Å². The highest BCUT2D eigenvalue weighted by Gasteiger charge is 2.35. The summed E-state index contributed by atoms with van der Waals surface area (Å²) >= 11 is 0. The van der Waals surface area contributed by atoms with E-state index >= 15 is 0 Å². The first kappa shape index (κ1) is 22.0. The van der Waals surface area contributed by atoms with Crippen molar-refractivity contribution in [3.8, 4) is 0 Å². The van der Waals surface area contributed by atoms with E-state index in [1.807, 2.05) is 4.90 Å². The number of hydrogen-bond acceptors (Lipinski definition) is 7. The number of benzene rings is 1. The second kappa shape index (κ2) is 9.40. The minimum atomic E-state index is -0.737. The normalized spacial score (nSPS) is 20.8. The minimum absolute atomic E-state index is 0.0710. The van der Waals surface area contributed by atoms with Gasteiger partial charge in [0.1, 0.15) is 12.4 Å². The SMILES string of the molecule is CCOC(=O)C1CCN(c2ccc(N3CC(C[N@H+]([O-])C(C)=O)OC3=O)cc2F)CC1. The largest absolute Gasteiger partial charge is 0.627 e. The molecule has 2 aliphatic heterocycles. The number of ether oxygens (including phenoxy) is 2. The number of carbonyl (C=O) groups excluding carboxylic acids is 3. The van der Waals surface area contributed by atoms with Crippen LogP contribution in [0.2, 0.25) is 0 Å². The zero-order valence-corrected chi connectivity index (χ0v) is 17.1. The molecule has 2 amide bonds. The van der Waals surface area contributed by atoms with Gasteiger partial charge in [0, 0.05) is 13.1 Å². The van der Waals surface area contributed by atoms with Gasteiger partial charge in [0.2, 0.25) is 0 Å². The molecule has 2 saturated heterocycles. The van der Waals surface area contributed by atoms with Gasteiger partial charge in [0.15, 0.2) is 6.10 Å². The maximum atomic E-state index is 14.8. The molecule has 0 saturated carbocycles. The van der Waals surface area contributed by atoms with Gasteiger partial charge in [-0.3, -0.25) is 9.69 Å². The van der Waals surface area contributed by atoms with Crippen molar-refractivity contribution in [2.45, 2.75) is 32.8 Å². The topological polar surface area (TPSA) is 104 Å². The van der Waals surface area contributed by atoms with Gasteiger partial charge in [0.25, 0.3) is 0 Å². The lowest BCUT2D eigenvalue weighted by Gasteiger charge is -2.33. The Bertz CT molecular complexity index is 812. The molecular formula is C20H26FN3O6. The van der Waals surface area contributed by atoms with Crippen LogP contribution < -0.4 is 14.9 Å². The molecule has 9 nitrogen and oxygen atoms in total. The number of amides is 2. The Morgan fingerprint density at radius 1 is 1.33 bits per heavy atom. The highest BCUT2D eigenvalue weighted by Crippen LogP contribution is 2.30. The van der Waals surface area contributed by atoms with Crippen molar-refractivity contribution in [2.24, 2.45) is 5.92 Å². The quantitative estimate of drug-likeness (QED) is 0.535. The Morgan fingerprint density at radius 2 is 2.03 bits per heavy atom. The number of piperidine rings is 1. The molecule has 1 aromatic rings. The van der Waals surface area contributed by atoms with E-state index in [4.69, 9.17) is 9.47 Å². The summed E-state index contributed by atoms with van der Waals surface area (Å²) in [6.45, 7) is 4.22. The van der Waals surface area contributed by atoms with Gasteiger partial charge < -0.3 is 24.6 Å². The molecule has 164 valence electrons. The molecule has 0 bridgehead atoms. The van der Waals surface area contributed by atoms with Crippen molar-refractivity contribution in [2.75, 3.05) is 42.6 Å². The lowest BCUT2D eigenvalue weighted by atomic mass is 9.96. The summed E-state index contributed by atoms with van der Waals surface area (Å²) in [5.41, 5.74) is 0.720. The number of nitrogens with zero attached hydrogens (tertiary/aromatic N) is 2. The standard InChI is InChI=1S/C20H26FN3O6/c1-3-29-19(26)14-6-8-22(9-7-14)18-5-4-15(10-17(18)21)23-11-16(30-20(23)27)12-24(28)13(2)25/h4-5,10,14,16,24H,3,6-9,11-12H2,1-2H3. The van der Waals surface area contributed by atoms with Crippen molar-refractivity contribution in [1.82, 2.24) is 0 Å². The number of rotatable bonds is 6. The number of carbonyl (C=O) groups is 3. The number of esters is 1. The average molecular weight is 423 g/mol. The second-order valence-corrected chi connectivity index (χ2v) is 7.45. The second-order valence-electron chi connectivity index (χ2n) is 7.45. The van der Waals surface area contributed by atoms with Crippen LogP contribution in [0.4, 0.5) is 20.6 Å². The molecule has 0 spiro atoms. The Kier molecular flexibility index (Phi) is 6.88. The molecule has 0 aromatic heterocycles. The van der Waals surface area contributed by atoms with Gasteiger partial charge in [-0.2, -0.15) is 0 Å². The summed E-state index contributed by atoms with van der Waals surface area (Å²) in [6.07, 6.45) is -0.244. The molecule has 0 aliphatic carbocycles.